The van der Waals surface area contributed by atoms with E-state index in [0.717, 1.165) is 0 Å². The Bertz CT molecular complexity index is 575. The Labute approximate surface area is 103 Å². The van der Waals surface area contributed by atoms with Crippen LogP contribution in [0.5, 0.6) is 5.75 Å². The van der Waals surface area contributed by atoms with E-state index in [1.165, 1.54) is 24.3 Å². The highest BCUT2D eigenvalue weighted by atomic mass is 16.5. The number of ether oxygens (including phenoxy) is 1. The van der Waals surface area contributed by atoms with Crippen molar-refractivity contribution in [1.82, 2.24) is 0 Å². The van der Waals surface area contributed by atoms with Crippen LogP contribution < -0.4 is 9.84 Å². The van der Waals surface area contributed by atoms with E-state index in [1.807, 2.05) is 0 Å². The molecule has 0 radical (unpaired) electrons. The van der Waals surface area contributed by atoms with E-state index in [1.54, 1.807) is 30.3 Å². The summed E-state index contributed by atoms with van der Waals surface area (Å²) in [7, 11) is 0. The average molecular weight is 241 g/mol. The van der Waals surface area contributed by atoms with Gasteiger partial charge in [-0.05, 0) is 24.3 Å². The molecule has 0 bridgehead atoms. The Balaban J connectivity index is 2.17. The molecule has 0 saturated heterocycles. The van der Waals surface area contributed by atoms with Gasteiger partial charge in [-0.1, -0.05) is 30.3 Å². The predicted octanol–water partition coefficient (Wildman–Crippen LogP) is 1.27. The van der Waals surface area contributed by atoms with Crippen LogP contribution in [0, 0.1) is 0 Å². The highest BCUT2D eigenvalue weighted by Gasteiger charge is 2.07. The number of carboxylic acids is 1. The first-order chi connectivity index (χ1) is 8.66. The van der Waals surface area contributed by atoms with Gasteiger partial charge < -0.3 is 14.6 Å². The summed E-state index contributed by atoms with van der Waals surface area (Å²) >= 11 is 0. The number of carbonyl (C=O) groups is 2. The molecular formula is C14H9O4-. The summed E-state index contributed by atoms with van der Waals surface area (Å²) < 4.78 is 5.06. The zero-order chi connectivity index (χ0) is 13.0. The lowest BCUT2D eigenvalue weighted by molar-refractivity contribution is -0.255. The first-order valence-electron chi connectivity index (χ1n) is 5.25. The maximum Gasteiger partial charge on any atom is 0.343 e. The minimum absolute atomic E-state index is 0.0339. The fourth-order valence-corrected chi connectivity index (χ4v) is 1.43. The quantitative estimate of drug-likeness (QED) is 0.599. The fourth-order valence-electron chi connectivity index (χ4n) is 1.43. The molecule has 2 aromatic carbocycles. The van der Waals surface area contributed by atoms with Crippen molar-refractivity contribution in [1.29, 1.82) is 0 Å². The zero-order valence-corrected chi connectivity index (χ0v) is 9.33. The van der Waals surface area contributed by atoms with Crippen LogP contribution in [-0.2, 0) is 0 Å². The lowest BCUT2D eigenvalue weighted by atomic mass is 10.2. The van der Waals surface area contributed by atoms with Crippen molar-refractivity contribution in [3.8, 4) is 5.75 Å². The number of aromatic carboxylic acids is 1. The molecule has 0 saturated carbocycles. The van der Waals surface area contributed by atoms with Gasteiger partial charge in [0.05, 0.1) is 11.5 Å². The summed E-state index contributed by atoms with van der Waals surface area (Å²) in [5, 5.41) is 10.7. The van der Waals surface area contributed by atoms with Gasteiger partial charge in [0.1, 0.15) is 5.75 Å². The Kier molecular flexibility index (Phi) is 3.38. The van der Waals surface area contributed by atoms with Crippen LogP contribution >= 0.6 is 0 Å². The van der Waals surface area contributed by atoms with Crippen LogP contribution in [0.25, 0.3) is 0 Å². The molecule has 0 aliphatic carbocycles. The first-order valence-corrected chi connectivity index (χ1v) is 5.25. The van der Waals surface area contributed by atoms with Gasteiger partial charge in [-0.25, -0.2) is 4.79 Å². The molecule has 0 aromatic heterocycles. The number of carboxylic acid groups (broad SMARTS) is 1. The SMILES string of the molecule is O=C([O-])c1cccc(OC(=O)c2ccccc2)c1. The van der Waals surface area contributed by atoms with E-state index < -0.39 is 11.9 Å². The van der Waals surface area contributed by atoms with Crippen molar-refractivity contribution in [3.63, 3.8) is 0 Å². The van der Waals surface area contributed by atoms with Gasteiger partial charge in [-0.2, -0.15) is 0 Å². The molecule has 0 unspecified atom stereocenters. The molecule has 0 N–H and O–H groups in total. The summed E-state index contributed by atoms with van der Waals surface area (Å²) in [6, 6.07) is 14.1. The zero-order valence-electron chi connectivity index (χ0n) is 9.33. The molecule has 0 heterocycles. The third kappa shape index (κ3) is 2.74. The first kappa shape index (κ1) is 11.9. The molecule has 90 valence electrons. The molecule has 0 aliphatic rings. The van der Waals surface area contributed by atoms with Gasteiger partial charge in [0, 0.05) is 5.56 Å². The second-order valence-corrected chi connectivity index (χ2v) is 3.57. The number of rotatable bonds is 3. The van der Waals surface area contributed by atoms with Gasteiger partial charge in [-0.15, -0.1) is 0 Å². The number of esters is 1. The van der Waals surface area contributed by atoms with Crippen molar-refractivity contribution in [3.05, 3.63) is 65.7 Å². The Morgan fingerprint density at radius 2 is 1.56 bits per heavy atom. The lowest BCUT2D eigenvalue weighted by Gasteiger charge is -2.07. The summed E-state index contributed by atoms with van der Waals surface area (Å²) in [4.78, 5) is 22.4. The summed E-state index contributed by atoms with van der Waals surface area (Å²) in [5.74, 6) is -1.68. The maximum atomic E-state index is 11.7. The van der Waals surface area contributed by atoms with E-state index >= 15 is 0 Å². The molecule has 0 spiro atoms. The molecule has 4 nitrogen and oxygen atoms in total. The standard InChI is InChI=1S/C14H10O4/c15-13(16)11-7-4-8-12(9-11)18-14(17)10-5-2-1-3-6-10/h1-9H,(H,15,16)/p-1. The molecule has 4 heteroatoms. The Morgan fingerprint density at radius 3 is 2.22 bits per heavy atom. The Hall–Kier alpha value is -2.62. The second-order valence-electron chi connectivity index (χ2n) is 3.57. The van der Waals surface area contributed by atoms with Gasteiger partial charge in [0.2, 0.25) is 0 Å². The second kappa shape index (κ2) is 5.14. The monoisotopic (exact) mass is 241 g/mol. The molecule has 0 amide bonds. The van der Waals surface area contributed by atoms with Gasteiger partial charge in [-0.3, -0.25) is 0 Å². The van der Waals surface area contributed by atoms with Gasteiger partial charge >= 0.3 is 5.97 Å². The molecule has 0 atom stereocenters. The van der Waals surface area contributed by atoms with E-state index in [4.69, 9.17) is 4.74 Å². The Morgan fingerprint density at radius 1 is 0.889 bits per heavy atom. The normalized spacial score (nSPS) is 9.78. The van der Waals surface area contributed by atoms with E-state index in [0.29, 0.717) is 5.56 Å². The van der Waals surface area contributed by atoms with Crippen molar-refractivity contribution in [2.75, 3.05) is 0 Å². The maximum absolute atomic E-state index is 11.7. The van der Waals surface area contributed by atoms with Crippen LogP contribution in [0.2, 0.25) is 0 Å². The van der Waals surface area contributed by atoms with Crippen molar-refractivity contribution in [2.45, 2.75) is 0 Å². The smallest absolute Gasteiger partial charge is 0.343 e. The summed E-state index contributed by atoms with van der Waals surface area (Å²) in [6.07, 6.45) is 0. The third-order valence-electron chi connectivity index (χ3n) is 2.29. The van der Waals surface area contributed by atoms with Gasteiger partial charge in [0.15, 0.2) is 0 Å². The molecule has 18 heavy (non-hydrogen) atoms. The number of hydrogen-bond donors (Lipinski definition) is 0. The molecule has 0 fully saturated rings. The third-order valence-corrected chi connectivity index (χ3v) is 2.29. The number of carbonyl (C=O) groups excluding carboxylic acids is 2. The minimum Gasteiger partial charge on any atom is -0.545 e. The van der Waals surface area contributed by atoms with Crippen molar-refractivity contribution >= 4 is 11.9 Å². The highest BCUT2D eigenvalue weighted by molar-refractivity contribution is 5.91. The van der Waals surface area contributed by atoms with E-state index in [9.17, 15) is 14.7 Å². The van der Waals surface area contributed by atoms with Gasteiger partial charge in [0.25, 0.3) is 0 Å². The molecule has 0 aliphatic heterocycles. The fraction of sp³-hybridized carbons (Fsp3) is 0. The predicted molar refractivity (Wildman–Crippen MR) is 62.2 cm³/mol. The van der Waals surface area contributed by atoms with Crippen LogP contribution in [0.15, 0.2) is 54.6 Å². The lowest BCUT2D eigenvalue weighted by Crippen LogP contribution is -2.22. The topological polar surface area (TPSA) is 66.4 Å². The number of hydrogen-bond acceptors (Lipinski definition) is 4. The molecule has 2 aromatic rings. The summed E-state index contributed by atoms with van der Waals surface area (Å²) in [5.41, 5.74) is 0.365. The summed E-state index contributed by atoms with van der Waals surface area (Å²) in [6.45, 7) is 0. The van der Waals surface area contributed by atoms with Crippen molar-refractivity contribution in [2.24, 2.45) is 0 Å². The van der Waals surface area contributed by atoms with Crippen LogP contribution in [0.3, 0.4) is 0 Å². The number of benzene rings is 2. The molecule has 2 rings (SSSR count). The minimum atomic E-state index is -1.31. The van der Waals surface area contributed by atoms with E-state index in [2.05, 4.69) is 0 Å². The average Bonchev–Trinajstić information content (AvgIpc) is 2.40. The molecular weight excluding hydrogens is 232 g/mol. The van der Waals surface area contributed by atoms with E-state index in [-0.39, 0.29) is 11.3 Å². The van der Waals surface area contributed by atoms with Crippen LogP contribution in [-0.4, -0.2) is 11.9 Å². The van der Waals surface area contributed by atoms with Crippen molar-refractivity contribution < 1.29 is 19.4 Å². The van der Waals surface area contributed by atoms with Crippen LogP contribution in [0.4, 0.5) is 0 Å². The largest absolute Gasteiger partial charge is 0.545 e. The highest BCUT2D eigenvalue weighted by Crippen LogP contribution is 2.14. The van der Waals surface area contributed by atoms with Crippen LogP contribution in [0.1, 0.15) is 20.7 Å².